The van der Waals surface area contributed by atoms with E-state index in [4.69, 9.17) is 24.4 Å². The SMILES string of the molecule is CCNC(=S)N/N=C(C)/C(=N/NC(=S)NCC)c1ccnn1C. The number of nitrogens with one attached hydrogen (secondary N) is 4. The van der Waals surface area contributed by atoms with E-state index in [0.717, 1.165) is 12.2 Å². The summed E-state index contributed by atoms with van der Waals surface area (Å²) in [6, 6.07) is 1.85. The molecule has 0 amide bonds. The van der Waals surface area contributed by atoms with Gasteiger partial charge in [0, 0.05) is 26.3 Å². The number of aryl methyl sites for hydroxylation is 1. The van der Waals surface area contributed by atoms with E-state index in [-0.39, 0.29) is 0 Å². The fourth-order valence-electron chi connectivity index (χ4n) is 1.62. The van der Waals surface area contributed by atoms with Gasteiger partial charge in [-0.05, 0) is 51.3 Å². The molecule has 0 aliphatic heterocycles. The molecule has 0 bridgehead atoms. The van der Waals surface area contributed by atoms with Crippen molar-refractivity contribution < 1.29 is 0 Å². The predicted octanol–water partition coefficient (Wildman–Crippen LogP) is 0.468. The molecule has 4 N–H and O–H groups in total. The monoisotopic (exact) mass is 354 g/mol. The highest BCUT2D eigenvalue weighted by molar-refractivity contribution is 7.80. The highest BCUT2D eigenvalue weighted by Gasteiger charge is 2.12. The van der Waals surface area contributed by atoms with Gasteiger partial charge in [0.25, 0.3) is 0 Å². The molecule has 1 aromatic rings. The third-order valence-electron chi connectivity index (χ3n) is 2.68. The summed E-state index contributed by atoms with van der Waals surface area (Å²) in [6.07, 6.45) is 1.69. The van der Waals surface area contributed by atoms with E-state index in [0.29, 0.717) is 28.2 Å². The summed E-state index contributed by atoms with van der Waals surface area (Å²) in [4.78, 5) is 0. The molecule has 0 aromatic carbocycles. The fourth-order valence-corrected chi connectivity index (χ4v) is 2.00. The molecule has 8 nitrogen and oxygen atoms in total. The molecule has 0 fully saturated rings. The lowest BCUT2D eigenvalue weighted by Gasteiger charge is -2.10. The zero-order chi connectivity index (χ0) is 17.2. The third kappa shape index (κ3) is 6.28. The Kier molecular flexibility index (Phi) is 8.13. The molecule has 1 rings (SSSR count). The van der Waals surface area contributed by atoms with Crippen LogP contribution in [0.1, 0.15) is 26.5 Å². The molecule has 23 heavy (non-hydrogen) atoms. The van der Waals surface area contributed by atoms with Crippen molar-refractivity contribution in [3.8, 4) is 0 Å². The lowest BCUT2D eigenvalue weighted by Crippen LogP contribution is -2.35. The summed E-state index contributed by atoms with van der Waals surface area (Å²) in [5, 5.41) is 19.6. The molecular weight excluding hydrogens is 332 g/mol. The van der Waals surface area contributed by atoms with Crippen molar-refractivity contribution in [1.82, 2.24) is 31.3 Å². The number of thiocarbonyl (C=S) groups is 2. The highest BCUT2D eigenvalue weighted by atomic mass is 32.1. The molecule has 0 saturated heterocycles. The minimum atomic E-state index is 0.441. The van der Waals surface area contributed by atoms with Gasteiger partial charge in [-0.3, -0.25) is 15.5 Å². The average molecular weight is 355 g/mol. The first-order chi connectivity index (χ1) is 11.0. The van der Waals surface area contributed by atoms with Gasteiger partial charge < -0.3 is 10.6 Å². The lowest BCUT2D eigenvalue weighted by molar-refractivity contribution is 0.759. The number of aromatic nitrogens is 2. The molecular formula is C13H22N8S2. The van der Waals surface area contributed by atoms with Gasteiger partial charge in [0.2, 0.25) is 0 Å². The smallest absolute Gasteiger partial charge is 0.186 e. The van der Waals surface area contributed by atoms with Gasteiger partial charge in [0.15, 0.2) is 10.2 Å². The zero-order valence-electron chi connectivity index (χ0n) is 13.7. The second-order valence-electron chi connectivity index (χ2n) is 4.44. The Hall–Kier alpha value is -2.07. The van der Waals surface area contributed by atoms with E-state index in [1.807, 2.05) is 33.9 Å². The van der Waals surface area contributed by atoms with Crippen molar-refractivity contribution in [3.63, 3.8) is 0 Å². The number of hydrazone groups is 2. The van der Waals surface area contributed by atoms with E-state index >= 15 is 0 Å². The summed E-state index contributed by atoms with van der Waals surface area (Å²) in [5.41, 5.74) is 7.63. The molecule has 0 unspecified atom stereocenters. The maximum Gasteiger partial charge on any atom is 0.186 e. The van der Waals surface area contributed by atoms with E-state index in [1.54, 1.807) is 10.9 Å². The molecule has 0 spiro atoms. The van der Waals surface area contributed by atoms with Crippen molar-refractivity contribution in [2.45, 2.75) is 20.8 Å². The molecule has 0 aliphatic carbocycles. The zero-order valence-corrected chi connectivity index (χ0v) is 15.3. The summed E-state index contributed by atoms with van der Waals surface area (Å²) in [5.74, 6) is 0. The van der Waals surface area contributed by atoms with Crippen molar-refractivity contribution in [2.75, 3.05) is 13.1 Å². The fraction of sp³-hybridized carbons (Fsp3) is 0.462. The molecule has 1 aromatic heterocycles. The molecule has 0 saturated carbocycles. The normalized spacial score (nSPS) is 11.8. The average Bonchev–Trinajstić information content (AvgIpc) is 2.92. The Morgan fingerprint density at radius 3 is 2.17 bits per heavy atom. The van der Waals surface area contributed by atoms with Crippen LogP contribution in [0, 0.1) is 0 Å². The first-order valence-electron chi connectivity index (χ1n) is 7.18. The van der Waals surface area contributed by atoms with Crippen LogP contribution in [0.4, 0.5) is 0 Å². The third-order valence-corrected chi connectivity index (χ3v) is 3.15. The van der Waals surface area contributed by atoms with Crippen LogP contribution in [0.2, 0.25) is 0 Å². The van der Waals surface area contributed by atoms with Gasteiger partial charge in [-0.25, -0.2) is 0 Å². The number of hydrogen-bond donors (Lipinski definition) is 4. The van der Waals surface area contributed by atoms with Crippen LogP contribution in [0.3, 0.4) is 0 Å². The Bertz CT molecular complexity index is 605. The summed E-state index contributed by atoms with van der Waals surface area (Å²) in [7, 11) is 1.83. The maximum atomic E-state index is 5.12. The summed E-state index contributed by atoms with van der Waals surface area (Å²) in [6.45, 7) is 7.18. The van der Waals surface area contributed by atoms with Crippen LogP contribution in [-0.4, -0.2) is 44.5 Å². The first-order valence-corrected chi connectivity index (χ1v) is 7.99. The van der Waals surface area contributed by atoms with Crippen LogP contribution < -0.4 is 21.5 Å². The van der Waals surface area contributed by atoms with Crippen LogP contribution in [0.15, 0.2) is 22.5 Å². The first kappa shape index (κ1) is 19.0. The Morgan fingerprint density at radius 1 is 1.13 bits per heavy atom. The van der Waals surface area contributed by atoms with Crippen molar-refractivity contribution in [2.24, 2.45) is 17.3 Å². The second kappa shape index (κ2) is 9.85. The van der Waals surface area contributed by atoms with Crippen LogP contribution in [0.5, 0.6) is 0 Å². The molecule has 10 heteroatoms. The predicted molar refractivity (Wildman–Crippen MR) is 102 cm³/mol. The van der Waals surface area contributed by atoms with Gasteiger partial charge in [0.05, 0.1) is 11.4 Å². The lowest BCUT2D eigenvalue weighted by atomic mass is 10.2. The molecule has 1 heterocycles. The van der Waals surface area contributed by atoms with Crippen molar-refractivity contribution >= 4 is 46.1 Å². The standard InChI is InChI=1S/C13H22N8S2/c1-5-14-12(22)19-17-9(3)11(10-7-8-16-21(10)4)18-20-13(23)15-6-2/h7-8H,5-6H2,1-4H3,(H2,14,19,22)(H2,15,20,23)/b17-9+,18-11-. The van der Waals surface area contributed by atoms with E-state index in [9.17, 15) is 0 Å². The maximum absolute atomic E-state index is 5.12. The Labute approximate surface area is 146 Å². The Morgan fingerprint density at radius 2 is 1.70 bits per heavy atom. The van der Waals surface area contributed by atoms with Crippen molar-refractivity contribution in [1.29, 1.82) is 0 Å². The van der Waals surface area contributed by atoms with Gasteiger partial charge in [-0.15, -0.1) is 0 Å². The summed E-state index contributed by atoms with van der Waals surface area (Å²) >= 11 is 10.2. The highest BCUT2D eigenvalue weighted by Crippen LogP contribution is 2.01. The van der Waals surface area contributed by atoms with E-state index in [2.05, 4.69) is 36.8 Å². The van der Waals surface area contributed by atoms with Crippen molar-refractivity contribution in [3.05, 3.63) is 18.0 Å². The van der Waals surface area contributed by atoms with Crippen LogP contribution >= 0.6 is 24.4 Å². The quantitative estimate of drug-likeness (QED) is 0.335. The molecule has 0 aliphatic rings. The van der Waals surface area contributed by atoms with Gasteiger partial charge in [-0.2, -0.15) is 15.3 Å². The van der Waals surface area contributed by atoms with Gasteiger partial charge in [0.1, 0.15) is 5.71 Å². The van der Waals surface area contributed by atoms with E-state index in [1.165, 1.54) is 0 Å². The number of hydrogen-bond acceptors (Lipinski definition) is 5. The molecule has 0 radical (unpaired) electrons. The van der Waals surface area contributed by atoms with Crippen LogP contribution in [0.25, 0.3) is 0 Å². The Balaban J connectivity index is 2.97. The topological polar surface area (TPSA) is 90.7 Å². The molecule has 126 valence electrons. The van der Waals surface area contributed by atoms with Crippen LogP contribution in [-0.2, 0) is 7.05 Å². The van der Waals surface area contributed by atoms with E-state index < -0.39 is 0 Å². The second-order valence-corrected chi connectivity index (χ2v) is 5.26. The largest absolute Gasteiger partial charge is 0.362 e. The van der Waals surface area contributed by atoms with Gasteiger partial charge >= 0.3 is 0 Å². The number of rotatable bonds is 6. The number of nitrogens with zero attached hydrogens (tertiary/aromatic N) is 4. The summed E-state index contributed by atoms with van der Waals surface area (Å²) < 4.78 is 1.71. The minimum absolute atomic E-state index is 0.441. The van der Waals surface area contributed by atoms with Gasteiger partial charge in [-0.1, -0.05) is 0 Å². The molecule has 0 atom stereocenters. The minimum Gasteiger partial charge on any atom is -0.362 e.